The molecule has 3 nitrogen and oxygen atoms in total. The Bertz CT molecular complexity index is 468. The number of nitrogens with one attached hydrogen (secondary N) is 2. The van der Waals surface area contributed by atoms with Crippen molar-refractivity contribution >= 4 is 0 Å². The third-order valence-electron chi connectivity index (χ3n) is 4.65. The van der Waals surface area contributed by atoms with E-state index in [1.54, 1.807) is 11.1 Å². The Hall–Kier alpha value is -1.06. The smallest absolute Gasteiger partial charge is 0.116 e. The van der Waals surface area contributed by atoms with E-state index in [-0.39, 0.29) is 6.10 Å². The first-order valence-corrected chi connectivity index (χ1v) is 8.45. The molecule has 0 aromatic rings. The van der Waals surface area contributed by atoms with Crippen LogP contribution in [0.2, 0.25) is 0 Å². The van der Waals surface area contributed by atoms with Crippen LogP contribution in [-0.2, 0) is 4.74 Å². The van der Waals surface area contributed by atoms with E-state index in [1.165, 1.54) is 31.3 Å². The molecule has 1 saturated heterocycles. The van der Waals surface area contributed by atoms with E-state index < -0.39 is 0 Å². The fourth-order valence-electron chi connectivity index (χ4n) is 3.53. The first kappa shape index (κ1) is 14.9. The lowest BCUT2D eigenvalue weighted by molar-refractivity contribution is 0.156. The zero-order valence-corrected chi connectivity index (χ0v) is 13.4. The number of piperidine rings is 1. The molecule has 0 amide bonds. The maximum Gasteiger partial charge on any atom is 0.116 e. The molecule has 3 heteroatoms. The summed E-state index contributed by atoms with van der Waals surface area (Å²) < 4.78 is 5.83. The maximum atomic E-state index is 5.83. The van der Waals surface area contributed by atoms with Crippen molar-refractivity contribution in [2.45, 2.75) is 58.1 Å². The number of fused-ring (bicyclic) bond motifs is 1. The molecule has 21 heavy (non-hydrogen) atoms. The van der Waals surface area contributed by atoms with Crippen LogP contribution in [0.4, 0.5) is 0 Å². The summed E-state index contributed by atoms with van der Waals surface area (Å²) in [5.41, 5.74) is 4.71. The molecular formula is C18H28N2O. The summed E-state index contributed by atoms with van der Waals surface area (Å²) in [5, 5.41) is 7.19. The minimum absolute atomic E-state index is 0.265. The Morgan fingerprint density at radius 2 is 2.10 bits per heavy atom. The fraction of sp³-hybridized carbons (Fsp3) is 0.667. The first-order chi connectivity index (χ1) is 10.2. The van der Waals surface area contributed by atoms with Crippen LogP contribution in [0.5, 0.6) is 0 Å². The molecule has 0 bridgehead atoms. The van der Waals surface area contributed by atoms with Gasteiger partial charge in [-0.1, -0.05) is 5.57 Å². The van der Waals surface area contributed by atoms with Crippen LogP contribution in [0.25, 0.3) is 0 Å². The van der Waals surface area contributed by atoms with Gasteiger partial charge in [0, 0.05) is 12.6 Å². The monoisotopic (exact) mass is 288 g/mol. The van der Waals surface area contributed by atoms with Crippen LogP contribution >= 0.6 is 0 Å². The average Bonchev–Trinajstić information content (AvgIpc) is 2.88. The van der Waals surface area contributed by atoms with Crippen LogP contribution in [-0.4, -0.2) is 31.8 Å². The predicted octanol–water partition coefficient (Wildman–Crippen LogP) is 3.06. The van der Waals surface area contributed by atoms with Gasteiger partial charge in [0.15, 0.2) is 0 Å². The van der Waals surface area contributed by atoms with Gasteiger partial charge < -0.3 is 15.4 Å². The average molecular weight is 288 g/mol. The highest BCUT2D eigenvalue weighted by molar-refractivity contribution is 5.48. The van der Waals surface area contributed by atoms with Gasteiger partial charge in [0.25, 0.3) is 0 Å². The summed E-state index contributed by atoms with van der Waals surface area (Å²) in [5.74, 6) is 1.07. The van der Waals surface area contributed by atoms with Crippen molar-refractivity contribution in [3.63, 3.8) is 0 Å². The molecule has 1 aliphatic heterocycles. The maximum absolute atomic E-state index is 5.83. The summed E-state index contributed by atoms with van der Waals surface area (Å²) in [6.07, 6.45) is 10.8. The Morgan fingerprint density at radius 1 is 1.29 bits per heavy atom. The van der Waals surface area contributed by atoms with Crippen molar-refractivity contribution in [2.24, 2.45) is 0 Å². The van der Waals surface area contributed by atoms with E-state index in [0.29, 0.717) is 6.04 Å². The van der Waals surface area contributed by atoms with Crippen LogP contribution in [0.3, 0.4) is 0 Å². The summed E-state index contributed by atoms with van der Waals surface area (Å²) >= 11 is 0. The minimum atomic E-state index is 0.265. The van der Waals surface area contributed by atoms with Gasteiger partial charge in [0.1, 0.15) is 5.76 Å². The van der Waals surface area contributed by atoms with E-state index in [9.17, 15) is 0 Å². The molecule has 2 N–H and O–H groups in total. The summed E-state index contributed by atoms with van der Waals surface area (Å²) in [7, 11) is 0. The highest BCUT2D eigenvalue weighted by Gasteiger charge is 2.23. The molecule has 0 atom stereocenters. The van der Waals surface area contributed by atoms with E-state index in [0.717, 1.165) is 31.8 Å². The largest absolute Gasteiger partial charge is 0.491 e. The topological polar surface area (TPSA) is 33.3 Å². The highest BCUT2D eigenvalue weighted by atomic mass is 16.5. The number of hydrogen-bond donors (Lipinski definition) is 2. The van der Waals surface area contributed by atoms with Gasteiger partial charge in [0.2, 0.25) is 0 Å². The fourth-order valence-corrected chi connectivity index (χ4v) is 3.53. The second-order valence-electron chi connectivity index (χ2n) is 6.63. The summed E-state index contributed by atoms with van der Waals surface area (Å²) in [4.78, 5) is 0. The van der Waals surface area contributed by atoms with Crippen LogP contribution in [0.15, 0.2) is 34.6 Å². The van der Waals surface area contributed by atoms with Gasteiger partial charge in [-0.25, -0.2) is 0 Å². The van der Waals surface area contributed by atoms with Gasteiger partial charge in [-0.3, -0.25) is 0 Å². The molecule has 0 spiro atoms. The number of ether oxygens (including phenoxy) is 1. The van der Waals surface area contributed by atoms with Crippen molar-refractivity contribution in [2.75, 3.05) is 19.6 Å². The van der Waals surface area contributed by atoms with Gasteiger partial charge in [-0.15, -0.1) is 0 Å². The Balaban J connectivity index is 1.58. The molecular weight excluding hydrogens is 260 g/mol. The van der Waals surface area contributed by atoms with E-state index in [4.69, 9.17) is 4.74 Å². The molecule has 3 rings (SSSR count). The first-order valence-electron chi connectivity index (χ1n) is 8.45. The molecule has 0 radical (unpaired) electrons. The molecule has 1 fully saturated rings. The molecule has 0 unspecified atom stereocenters. The number of allylic oxidation sites excluding steroid dienone is 4. The molecule has 3 aliphatic rings. The van der Waals surface area contributed by atoms with E-state index in [1.807, 2.05) is 0 Å². The third kappa shape index (κ3) is 3.78. The second-order valence-corrected chi connectivity index (χ2v) is 6.63. The second kappa shape index (κ2) is 6.80. The third-order valence-corrected chi connectivity index (χ3v) is 4.65. The van der Waals surface area contributed by atoms with Crippen LogP contribution in [0.1, 0.15) is 46.0 Å². The van der Waals surface area contributed by atoms with E-state index in [2.05, 4.69) is 36.6 Å². The number of rotatable bonds is 5. The van der Waals surface area contributed by atoms with Gasteiger partial charge in [-0.05, 0) is 82.3 Å². The molecule has 116 valence electrons. The SMILES string of the molecule is CC(C)OC1=CCC2=C(CNC3CCNCC3)CCC2=C1. The molecule has 2 aliphatic carbocycles. The lowest BCUT2D eigenvalue weighted by Crippen LogP contribution is -2.40. The lowest BCUT2D eigenvalue weighted by atomic mass is 9.98. The quantitative estimate of drug-likeness (QED) is 0.816. The molecule has 0 saturated carbocycles. The van der Waals surface area contributed by atoms with Crippen molar-refractivity contribution in [1.82, 2.24) is 10.6 Å². The van der Waals surface area contributed by atoms with Crippen molar-refractivity contribution in [3.8, 4) is 0 Å². The summed E-state index contributed by atoms with van der Waals surface area (Å²) in [6.45, 7) is 7.58. The normalized spacial score (nSPS) is 23.2. The summed E-state index contributed by atoms with van der Waals surface area (Å²) in [6, 6.07) is 0.700. The van der Waals surface area contributed by atoms with Crippen molar-refractivity contribution in [3.05, 3.63) is 34.6 Å². The van der Waals surface area contributed by atoms with Crippen molar-refractivity contribution < 1.29 is 4.74 Å². The molecule has 0 aromatic heterocycles. The molecule has 1 heterocycles. The highest BCUT2D eigenvalue weighted by Crippen LogP contribution is 2.37. The lowest BCUT2D eigenvalue weighted by Gasteiger charge is -2.24. The Kier molecular flexibility index (Phi) is 4.81. The van der Waals surface area contributed by atoms with Crippen LogP contribution < -0.4 is 10.6 Å². The zero-order chi connectivity index (χ0) is 14.7. The van der Waals surface area contributed by atoms with Crippen LogP contribution in [0, 0.1) is 0 Å². The Labute approximate surface area is 128 Å². The predicted molar refractivity (Wildman–Crippen MR) is 87.2 cm³/mol. The van der Waals surface area contributed by atoms with Gasteiger partial charge >= 0.3 is 0 Å². The molecule has 0 aromatic carbocycles. The van der Waals surface area contributed by atoms with Crippen molar-refractivity contribution in [1.29, 1.82) is 0 Å². The standard InChI is InChI=1S/C18H28N2O/c1-13(2)21-17-5-6-18-14(11-17)3-4-15(18)12-20-16-7-9-19-10-8-16/h5,11,13,16,19-20H,3-4,6-10,12H2,1-2H3. The number of hydrogen-bond acceptors (Lipinski definition) is 3. The van der Waals surface area contributed by atoms with Gasteiger partial charge in [-0.2, -0.15) is 0 Å². The Morgan fingerprint density at radius 3 is 2.86 bits per heavy atom. The minimum Gasteiger partial charge on any atom is -0.491 e. The zero-order valence-electron chi connectivity index (χ0n) is 13.4. The van der Waals surface area contributed by atoms with E-state index >= 15 is 0 Å². The van der Waals surface area contributed by atoms with Gasteiger partial charge in [0.05, 0.1) is 6.10 Å².